The lowest BCUT2D eigenvalue weighted by Crippen LogP contribution is -2.25. The van der Waals surface area contributed by atoms with Gasteiger partial charge in [-0.3, -0.25) is 4.89 Å². The molecule has 0 bridgehead atoms. The molecule has 0 saturated carbocycles. The average molecular weight is 539 g/mol. The smallest absolute Gasteiger partial charge is 0.304 e. The van der Waals surface area contributed by atoms with Gasteiger partial charge in [0.25, 0.3) is 0 Å². The highest BCUT2D eigenvalue weighted by Gasteiger charge is 2.37. The number of hydrogen-bond acceptors (Lipinski definition) is 7. The SMILES string of the molecule is CCCCCCCCCCCCSC(CCCCCCC)C(C)OOC(=O)P(=O)(OC)OCCC. The molecular formula is C27H55O6PS. The fraction of sp³-hybridized carbons (Fsp3) is 0.963. The summed E-state index contributed by atoms with van der Waals surface area (Å²) >= 11 is 1.90. The van der Waals surface area contributed by atoms with E-state index in [-0.39, 0.29) is 18.0 Å². The van der Waals surface area contributed by atoms with Crippen LogP contribution in [-0.2, 0) is 23.4 Å². The minimum Gasteiger partial charge on any atom is -0.304 e. The first-order valence-electron chi connectivity index (χ1n) is 14.2. The van der Waals surface area contributed by atoms with Gasteiger partial charge in [-0.1, -0.05) is 111 Å². The van der Waals surface area contributed by atoms with Crippen molar-refractivity contribution in [1.29, 1.82) is 0 Å². The maximum atomic E-state index is 12.5. The van der Waals surface area contributed by atoms with Crippen molar-refractivity contribution in [2.75, 3.05) is 19.5 Å². The summed E-state index contributed by atoms with van der Waals surface area (Å²) in [5.74, 6) is 1.08. The van der Waals surface area contributed by atoms with Gasteiger partial charge in [-0.2, -0.15) is 16.6 Å². The van der Waals surface area contributed by atoms with Gasteiger partial charge in [0.2, 0.25) is 0 Å². The van der Waals surface area contributed by atoms with E-state index in [0.717, 1.165) is 18.6 Å². The maximum absolute atomic E-state index is 12.5. The predicted molar refractivity (Wildman–Crippen MR) is 149 cm³/mol. The Kier molecular flexibility index (Phi) is 24.2. The minimum absolute atomic E-state index is 0.158. The van der Waals surface area contributed by atoms with E-state index in [1.165, 1.54) is 97.0 Å². The van der Waals surface area contributed by atoms with Crippen molar-refractivity contribution >= 4 is 25.1 Å². The molecule has 0 N–H and O–H groups in total. The third kappa shape index (κ3) is 18.8. The van der Waals surface area contributed by atoms with Crippen LogP contribution in [0.1, 0.15) is 137 Å². The molecule has 0 aliphatic rings. The molecule has 0 aliphatic heterocycles. The third-order valence-corrected chi connectivity index (χ3v) is 9.24. The molecule has 0 aliphatic carbocycles. The quantitative estimate of drug-likeness (QED) is 0.0469. The van der Waals surface area contributed by atoms with E-state index in [0.29, 0.717) is 6.42 Å². The Labute approximate surface area is 220 Å². The first-order valence-corrected chi connectivity index (χ1v) is 16.8. The van der Waals surface area contributed by atoms with Gasteiger partial charge < -0.3 is 9.05 Å². The molecule has 3 atom stereocenters. The third-order valence-electron chi connectivity index (χ3n) is 6.15. The van der Waals surface area contributed by atoms with Crippen LogP contribution >= 0.6 is 19.4 Å². The zero-order valence-corrected chi connectivity index (χ0v) is 25.1. The summed E-state index contributed by atoms with van der Waals surface area (Å²) in [7, 11) is -2.79. The van der Waals surface area contributed by atoms with Gasteiger partial charge in [-0.05, 0) is 31.9 Å². The number of carbonyl (C=O) groups excluding carboxylic acids is 1. The number of hydrogen-bond donors (Lipinski definition) is 0. The molecule has 0 heterocycles. The fourth-order valence-corrected chi connectivity index (χ4v) is 6.08. The summed E-state index contributed by atoms with van der Waals surface area (Å²) in [5.41, 5.74) is -1.08. The number of unbranched alkanes of at least 4 members (excludes halogenated alkanes) is 13. The van der Waals surface area contributed by atoms with Crippen molar-refractivity contribution in [3.8, 4) is 0 Å². The molecule has 0 radical (unpaired) electrons. The van der Waals surface area contributed by atoms with Gasteiger partial charge >= 0.3 is 13.3 Å². The zero-order chi connectivity index (χ0) is 26.2. The summed E-state index contributed by atoms with van der Waals surface area (Å²) in [6, 6.07) is 0. The molecule has 0 spiro atoms. The van der Waals surface area contributed by atoms with Gasteiger partial charge in [-0.15, -0.1) is 0 Å². The van der Waals surface area contributed by atoms with Crippen LogP contribution in [0.4, 0.5) is 4.79 Å². The lowest BCUT2D eigenvalue weighted by atomic mass is 10.1. The fourth-order valence-electron chi connectivity index (χ4n) is 3.84. The highest BCUT2D eigenvalue weighted by atomic mass is 32.2. The summed E-state index contributed by atoms with van der Waals surface area (Å²) in [4.78, 5) is 22.6. The lowest BCUT2D eigenvalue weighted by Gasteiger charge is -2.23. The Bertz CT molecular complexity index is 534. The highest BCUT2D eigenvalue weighted by Crippen LogP contribution is 2.49. The number of thioether (sulfide) groups is 1. The van der Waals surface area contributed by atoms with Gasteiger partial charge in [0.1, 0.15) is 6.10 Å². The summed E-state index contributed by atoms with van der Waals surface area (Å²) in [6.45, 7) is 8.42. The molecule has 6 nitrogen and oxygen atoms in total. The molecule has 0 fully saturated rings. The van der Waals surface area contributed by atoms with Crippen LogP contribution in [0.2, 0.25) is 0 Å². The van der Waals surface area contributed by atoms with E-state index in [4.69, 9.17) is 18.8 Å². The van der Waals surface area contributed by atoms with Crippen molar-refractivity contribution in [3.63, 3.8) is 0 Å². The van der Waals surface area contributed by atoms with Crippen molar-refractivity contribution in [3.05, 3.63) is 0 Å². The van der Waals surface area contributed by atoms with Crippen molar-refractivity contribution in [2.45, 2.75) is 148 Å². The Balaban J connectivity index is 4.40. The van der Waals surface area contributed by atoms with E-state index in [9.17, 15) is 9.36 Å². The van der Waals surface area contributed by atoms with E-state index in [1.807, 2.05) is 25.6 Å². The van der Waals surface area contributed by atoms with Gasteiger partial charge in [-0.25, -0.2) is 9.36 Å². The topological polar surface area (TPSA) is 71.1 Å². The van der Waals surface area contributed by atoms with Crippen LogP contribution in [0.15, 0.2) is 0 Å². The molecule has 210 valence electrons. The summed E-state index contributed by atoms with van der Waals surface area (Å²) in [6.07, 6.45) is 20.7. The standard InChI is InChI=1S/C27H55O6PS/c1-6-9-11-13-14-15-16-17-19-21-24-35-26(22-20-18-12-10-7-2)25(4)32-33-27(28)34(29,30-5)31-23-8-3/h25-26H,6-24H2,1-5H3. The van der Waals surface area contributed by atoms with Crippen molar-refractivity contribution in [2.24, 2.45) is 0 Å². The van der Waals surface area contributed by atoms with Crippen LogP contribution in [0.3, 0.4) is 0 Å². The van der Waals surface area contributed by atoms with Crippen LogP contribution in [0, 0.1) is 0 Å². The van der Waals surface area contributed by atoms with E-state index in [1.54, 1.807) is 0 Å². The Morgan fingerprint density at radius 2 is 1.29 bits per heavy atom. The minimum atomic E-state index is -3.97. The van der Waals surface area contributed by atoms with Gasteiger partial charge in [0.05, 0.1) is 6.61 Å². The largest absolute Gasteiger partial charge is 0.452 e. The Morgan fingerprint density at radius 3 is 1.80 bits per heavy atom. The first-order chi connectivity index (χ1) is 16.9. The summed E-state index contributed by atoms with van der Waals surface area (Å²) in [5, 5.41) is 0.224. The molecule has 3 unspecified atom stereocenters. The molecule has 0 aromatic rings. The van der Waals surface area contributed by atoms with E-state index in [2.05, 4.69) is 13.8 Å². The molecule has 35 heavy (non-hydrogen) atoms. The predicted octanol–water partition coefficient (Wildman–Crippen LogP) is 10.1. The molecule has 8 heteroatoms. The monoisotopic (exact) mass is 538 g/mol. The van der Waals surface area contributed by atoms with Crippen molar-refractivity contribution < 1.29 is 28.2 Å². The second kappa shape index (κ2) is 24.3. The second-order valence-corrected chi connectivity index (χ2v) is 12.8. The molecule has 0 aromatic heterocycles. The maximum Gasteiger partial charge on any atom is 0.452 e. The van der Waals surface area contributed by atoms with Gasteiger partial charge in [0, 0.05) is 12.4 Å². The van der Waals surface area contributed by atoms with Gasteiger partial charge in [0.15, 0.2) is 0 Å². The van der Waals surface area contributed by atoms with Crippen LogP contribution in [0.25, 0.3) is 0 Å². The molecular weight excluding hydrogens is 483 g/mol. The van der Waals surface area contributed by atoms with Crippen LogP contribution < -0.4 is 0 Å². The molecule has 0 saturated heterocycles. The van der Waals surface area contributed by atoms with Crippen molar-refractivity contribution in [1.82, 2.24) is 0 Å². The number of rotatable bonds is 26. The van der Waals surface area contributed by atoms with Crippen LogP contribution in [0.5, 0.6) is 0 Å². The molecule has 0 aromatic carbocycles. The van der Waals surface area contributed by atoms with E-state index < -0.39 is 13.3 Å². The number of carbonyl (C=O) groups is 1. The highest BCUT2D eigenvalue weighted by molar-refractivity contribution is 7.99. The zero-order valence-electron chi connectivity index (χ0n) is 23.4. The normalized spacial score (nSPS) is 15.0. The lowest BCUT2D eigenvalue weighted by molar-refractivity contribution is -0.262. The van der Waals surface area contributed by atoms with Crippen LogP contribution in [-0.4, -0.2) is 36.5 Å². The molecule has 0 rings (SSSR count). The van der Waals surface area contributed by atoms with E-state index >= 15 is 0 Å². The molecule has 0 amide bonds. The summed E-state index contributed by atoms with van der Waals surface area (Å²) < 4.78 is 22.4. The first kappa shape index (κ1) is 34.9. The Morgan fingerprint density at radius 1 is 0.771 bits per heavy atom. The average Bonchev–Trinajstić information content (AvgIpc) is 2.87. The second-order valence-electron chi connectivity index (χ2n) is 9.46. The Hall–Kier alpha value is -0.0700.